The van der Waals surface area contributed by atoms with Gasteiger partial charge in [-0.1, -0.05) is 18.2 Å². The molecular weight excluding hydrogens is 342 g/mol. The number of carbonyl (C=O) groups excluding carboxylic acids is 2. The Balaban J connectivity index is 2.23. The lowest BCUT2D eigenvalue weighted by Crippen LogP contribution is -2.39. The van der Waals surface area contributed by atoms with Crippen LogP contribution in [-0.2, 0) is 28.9 Å². The summed E-state index contributed by atoms with van der Waals surface area (Å²) < 4.78 is 51.4. The number of amides is 2. The molecule has 0 saturated heterocycles. The van der Waals surface area contributed by atoms with Crippen LogP contribution in [-0.4, -0.2) is 21.7 Å². The molecule has 1 aromatic carbocycles. The van der Waals surface area contributed by atoms with Crippen LogP contribution < -0.4 is 5.73 Å². The molecule has 9 heteroatoms. The van der Waals surface area contributed by atoms with Gasteiger partial charge in [0.15, 0.2) is 0 Å². The summed E-state index contributed by atoms with van der Waals surface area (Å²) in [5.74, 6) is -2.95. The van der Waals surface area contributed by atoms with Crippen LogP contribution in [0.25, 0.3) is 0 Å². The predicted molar refractivity (Wildman–Crippen MR) is 79.1 cm³/mol. The molecule has 2 rings (SSSR count). The van der Waals surface area contributed by atoms with Gasteiger partial charge < -0.3 is 10.6 Å². The average Bonchev–Trinajstić information content (AvgIpc) is 2.55. The quantitative estimate of drug-likeness (QED) is 0.675. The number of alkyl halides is 3. The summed E-state index contributed by atoms with van der Waals surface area (Å²) in [5, 5.41) is 0. The van der Waals surface area contributed by atoms with Crippen molar-refractivity contribution in [2.24, 2.45) is 5.73 Å². The van der Waals surface area contributed by atoms with Crippen molar-refractivity contribution in [2.45, 2.75) is 19.3 Å². The molecule has 0 aliphatic rings. The number of pyridine rings is 1. The van der Waals surface area contributed by atoms with Crippen LogP contribution in [0.15, 0.2) is 42.6 Å². The summed E-state index contributed by atoms with van der Waals surface area (Å²) >= 11 is 0. The number of benzene rings is 1. The Kier molecular flexibility index (Phi) is 5.35. The first kappa shape index (κ1) is 18.4. The van der Waals surface area contributed by atoms with E-state index in [1.807, 2.05) is 0 Å². The fourth-order valence-corrected chi connectivity index (χ4v) is 2.07. The first-order chi connectivity index (χ1) is 11.7. The summed E-state index contributed by atoms with van der Waals surface area (Å²) in [4.78, 5) is 27.6. The number of hydrogen-bond acceptors (Lipinski definition) is 3. The third kappa shape index (κ3) is 4.75. The van der Waals surface area contributed by atoms with Gasteiger partial charge in [-0.05, 0) is 18.2 Å². The van der Waals surface area contributed by atoms with Gasteiger partial charge in [0.2, 0.25) is 0 Å². The monoisotopic (exact) mass is 355 g/mol. The Morgan fingerprint density at radius 2 is 1.76 bits per heavy atom. The number of halogens is 4. The minimum Gasteiger partial charge on any atom is -0.361 e. The van der Waals surface area contributed by atoms with Crippen LogP contribution in [0, 0.1) is 5.82 Å². The second kappa shape index (κ2) is 7.29. The number of carbonyl (C=O) groups is 2. The van der Waals surface area contributed by atoms with Crippen LogP contribution in [0.4, 0.5) is 17.6 Å². The molecule has 0 unspecified atom stereocenters. The van der Waals surface area contributed by atoms with E-state index in [0.29, 0.717) is 6.20 Å². The van der Waals surface area contributed by atoms with E-state index in [-0.39, 0.29) is 24.3 Å². The number of rotatable bonds is 4. The second-order valence-electron chi connectivity index (χ2n) is 5.15. The topological polar surface area (TPSA) is 76.3 Å². The summed E-state index contributed by atoms with van der Waals surface area (Å²) in [6, 6.07) is 7.47. The maximum absolute atomic E-state index is 13.7. The Bertz CT molecular complexity index is 776. The lowest BCUT2D eigenvalue weighted by atomic mass is 10.2. The summed E-state index contributed by atoms with van der Waals surface area (Å²) in [6.45, 7) is -0.578. The van der Waals surface area contributed by atoms with Crippen molar-refractivity contribution in [2.75, 3.05) is 0 Å². The van der Waals surface area contributed by atoms with Crippen molar-refractivity contribution in [1.82, 2.24) is 9.88 Å². The normalized spacial score (nSPS) is 11.2. The molecule has 132 valence electrons. The van der Waals surface area contributed by atoms with E-state index in [9.17, 15) is 27.2 Å². The van der Waals surface area contributed by atoms with E-state index in [1.165, 1.54) is 18.2 Å². The Labute approximate surface area is 140 Å². The largest absolute Gasteiger partial charge is 0.417 e. The van der Waals surface area contributed by atoms with Crippen LogP contribution in [0.1, 0.15) is 16.8 Å². The third-order valence-electron chi connectivity index (χ3n) is 3.32. The fourth-order valence-electron chi connectivity index (χ4n) is 2.07. The van der Waals surface area contributed by atoms with E-state index in [1.54, 1.807) is 6.07 Å². The van der Waals surface area contributed by atoms with Gasteiger partial charge in [-0.15, -0.1) is 0 Å². The molecule has 0 fully saturated rings. The van der Waals surface area contributed by atoms with Crippen LogP contribution in [0.3, 0.4) is 0 Å². The number of nitrogens with zero attached hydrogens (tertiary/aromatic N) is 2. The maximum Gasteiger partial charge on any atom is 0.417 e. The molecule has 1 aromatic heterocycles. The molecule has 0 radical (unpaired) electrons. The number of primary amides is 1. The van der Waals surface area contributed by atoms with Gasteiger partial charge in [0.05, 0.1) is 17.8 Å². The molecule has 2 amide bonds. The van der Waals surface area contributed by atoms with E-state index in [2.05, 4.69) is 4.98 Å². The van der Waals surface area contributed by atoms with Crippen LogP contribution >= 0.6 is 0 Å². The molecule has 25 heavy (non-hydrogen) atoms. The van der Waals surface area contributed by atoms with Crippen LogP contribution in [0.5, 0.6) is 0 Å². The highest BCUT2D eigenvalue weighted by Crippen LogP contribution is 2.28. The lowest BCUT2D eigenvalue weighted by Gasteiger charge is -2.21. The second-order valence-corrected chi connectivity index (χ2v) is 5.15. The van der Waals surface area contributed by atoms with Gasteiger partial charge in [0, 0.05) is 18.3 Å². The minimum absolute atomic E-state index is 0.0962. The molecule has 0 atom stereocenters. The molecule has 0 aliphatic carbocycles. The van der Waals surface area contributed by atoms with Gasteiger partial charge in [-0.2, -0.15) is 13.2 Å². The van der Waals surface area contributed by atoms with E-state index in [0.717, 1.165) is 17.0 Å². The molecule has 0 spiro atoms. The Hall–Kier alpha value is -2.97. The highest BCUT2D eigenvalue weighted by atomic mass is 19.4. The molecule has 5 nitrogen and oxygen atoms in total. The number of aromatic nitrogens is 1. The van der Waals surface area contributed by atoms with Crippen molar-refractivity contribution >= 4 is 11.8 Å². The zero-order valence-electron chi connectivity index (χ0n) is 12.8. The third-order valence-corrected chi connectivity index (χ3v) is 3.32. The van der Waals surface area contributed by atoms with E-state index in [4.69, 9.17) is 5.73 Å². The Morgan fingerprint density at radius 1 is 1.08 bits per heavy atom. The number of nitrogens with two attached hydrogens (primary N) is 1. The van der Waals surface area contributed by atoms with Crippen molar-refractivity contribution in [3.63, 3.8) is 0 Å². The maximum atomic E-state index is 13.7. The summed E-state index contributed by atoms with van der Waals surface area (Å²) in [6.07, 6.45) is -3.92. The zero-order chi connectivity index (χ0) is 18.6. The standard InChI is InChI=1S/C16H13F4N3O2/c17-13-4-2-1-3-10(13)8-23(15(25)14(21)24)9-12-6-5-11(7-22-12)16(18,19)20/h1-7H,8-9H2,(H2,21,24). The first-order valence-electron chi connectivity index (χ1n) is 7.02. The first-order valence-corrected chi connectivity index (χ1v) is 7.02. The zero-order valence-corrected chi connectivity index (χ0v) is 12.8. The van der Waals surface area contributed by atoms with Crippen molar-refractivity contribution in [1.29, 1.82) is 0 Å². The van der Waals surface area contributed by atoms with Crippen LogP contribution in [0.2, 0.25) is 0 Å². The van der Waals surface area contributed by atoms with E-state index < -0.39 is 29.4 Å². The molecular formula is C16H13F4N3O2. The van der Waals surface area contributed by atoms with E-state index >= 15 is 0 Å². The highest BCUT2D eigenvalue weighted by molar-refractivity contribution is 6.34. The van der Waals surface area contributed by atoms with Crippen molar-refractivity contribution in [3.05, 3.63) is 65.2 Å². The smallest absolute Gasteiger partial charge is 0.361 e. The van der Waals surface area contributed by atoms with Gasteiger partial charge in [0.1, 0.15) is 5.82 Å². The molecule has 1 heterocycles. The molecule has 2 N–H and O–H groups in total. The van der Waals surface area contributed by atoms with Crippen molar-refractivity contribution in [3.8, 4) is 0 Å². The Morgan fingerprint density at radius 3 is 2.28 bits per heavy atom. The summed E-state index contributed by atoms with van der Waals surface area (Å²) in [5.41, 5.74) is 4.25. The predicted octanol–water partition coefficient (Wildman–Crippen LogP) is 2.25. The van der Waals surface area contributed by atoms with Gasteiger partial charge in [0.25, 0.3) is 0 Å². The minimum atomic E-state index is -4.54. The summed E-state index contributed by atoms with van der Waals surface area (Å²) in [7, 11) is 0. The van der Waals surface area contributed by atoms with Gasteiger partial charge in [-0.25, -0.2) is 4.39 Å². The highest BCUT2D eigenvalue weighted by Gasteiger charge is 2.31. The molecule has 2 aromatic rings. The average molecular weight is 355 g/mol. The molecule has 0 saturated carbocycles. The fraction of sp³-hybridized carbons (Fsp3) is 0.188. The van der Waals surface area contributed by atoms with Gasteiger partial charge in [-0.3, -0.25) is 14.6 Å². The number of hydrogen-bond donors (Lipinski definition) is 1. The SMILES string of the molecule is NC(=O)C(=O)N(Cc1ccc(C(F)(F)F)cn1)Cc1ccccc1F. The molecule has 0 bridgehead atoms. The molecule has 0 aliphatic heterocycles. The van der Waals surface area contributed by atoms with Crippen molar-refractivity contribution < 1.29 is 27.2 Å². The lowest BCUT2D eigenvalue weighted by molar-refractivity contribution is -0.145. The van der Waals surface area contributed by atoms with Gasteiger partial charge >= 0.3 is 18.0 Å².